The average molecular weight is 403 g/mol. The van der Waals surface area contributed by atoms with Crippen molar-refractivity contribution < 1.29 is 27.3 Å². The zero-order valence-corrected chi connectivity index (χ0v) is 17.5. The van der Waals surface area contributed by atoms with E-state index in [1.165, 1.54) is 0 Å². The highest BCUT2D eigenvalue weighted by molar-refractivity contribution is 5.93. The van der Waals surface area contributed by atoms with Crippen LogP contribution in [0.4, 0.5) is 0 Å². The van der Waals surface area contributed by atoms with Crippen molar-refractivity contribution in [2.75, 3.05) is 0 Å². The van der Waals surface area contributed by atoms with Crippen LogP contribution in [0, 0.1) is 28.6 Å². The molecule has 4 aliphatic rings. The van der Waals surface area contributed by atoms with Gasteiger partial charge in [-0.05, 0) is 79.8 Å². The molecule has 4 nitrogen and oxygen atoms in total. The molecule has 0 saturated heterocycles. The number of Topliss-reactive ketones (excluding diaryl/α,β-unsaturated/α-hetero) is 1. The number of hydrogen-bond acceptors (Lipinski definition) is 4. The molecule has 4 aliphatic carbocycles. The van der Waals surface area contributed by atoms with Crippen molar-refractivity contribution in [1.82, 2.24) is 0 Å². The van der Waals surface area contributed by atoms with Crippen molar-refractivity contribution in [3.05, 3.63) is 35.4 Å². The first-order chi connectivity index (χ1) is 15.8. The lowest BCUT2D eigenvalue weighted by atomic mass is 9.47. The number of rotatable bonds is 2. The van der Waals surface area contributed by atoms with Crippen molar-refractivity contribution in [3.63, 3.8) is 0 Å². The fraction of sp³-hybridized carbons (Fsp3) is 0.640. The van der Waals surface area contributed by atoms with Crippen LogP contribution >= 0.6 is 0 Å². The van der Waals surface area contributed by atoms with Crippen LogP contribution in [0.25, 0.3) is 0 Å². The first-order valence-electron chi connectivity index (χ1n) is 13.2. The predicted octanol–water partition coefficient (Wildman–Crippen LogP) is 4.74. The zero-order valence-electron chi connectivity index (χ0n) is 23.5. The van der Waals surface area contributed by atoms with Crippen LogP contribution in [-0.4, -0.2) is 23.1 Å². The van der Waals surface area contributed by atoms with Gasteiger partial charge in [-0.15, -0.1) is 0 Å². The summed E-state index contributed by atoms with van der Waals surface area (Å²) in [4.78, 5) is 38.2. The number of carbonyl (C=O) groups is 3. The number of hydrogen-bond donors (Lipinski definition) is 0. The molecule has 0 spiro atoms. The summed E-state index contributed by atoms with van der Waals surface area (Å²) in [6.07, 6.45) is 0.915. The molecule has 5 unspecified atom stereocenters. The third-order valence-corrected chi connectivity index (χ3v) is 8.19. The van der Waals surface area contributed by atoms with E-state index in [0.717, 1.165) is 12.5 Å². The molecule has 0 aromatic rings. The summed E-state index contributed by atoms with van der Waals surface area (Å²) >= 11 is 0. The Labute approximate surface area is 181 Å². The largest absolute Gasteiger partial charge is 0.446 e. The molecular weight excluding hydrogens is 364 g/mol. The Balaban J connectivity index is 1.90. The maximum atomic E-state index is 13.4. The van der Waals surface area contributed by atoms with Crippen LogP contribution in [-0.2, 0) is 19.1 Å². The molecule has 0 aliphatic heterocycles. The molecule has 0 bridgehead atoms. The van der Waals surface area contributed by atoms with Gasteiger partial charge >= 0.3 is 5.97 Å². The molecule has 29 heavy (non-hydrogen) atoms. The topological polar surface area (TPSA) is 60.4 Å². The van der Waals surface area contributed by atoms with Crippen molar-refractivity contribution in [2.24, 2.45) is 28.6 Å². The van der Waals surface area contributed by atoms with Gasteiger partial charge in [-0.3, -0.25) is 14.4 Å². The standard InChI is InChI=1S/C25H32O4/c1-14-11-19-20(23(5)9-7-18(28)13-21(14)23)8-10-24(6)22(19)12-15(2)25(24,16(3)26)29-17(4)27/h11,13,19-20,22H,2,7-10,12H2,1,3-6H3/t19?,20?,22?,23?,24?,25-/m0/s1/i3D3,7D2,13D. The van der Waals surface area contributed by atoms with Crippen LogP contribution in [0.2, 0.25) is 0 Å². The van der Waals surface area contributed by atoms with Crippen molar-refractivity contribution in [2.45, 2.75) is 72.2 Å². The van der Waals surface area contributed by atoms with Crippen molar-refractivity contribution in [1.29, 1.82) is 0 Å². The van der Waals surface area contributed by atoms with E-state index in [1.807, 2.05) is 19.9 Å². The van der Waals surface area contributed by atoms with Gasteiger partial charge in [-0.1, -0.05) is 32.1 Å². The molecule has 0 aromatic carbocycles. The Bertz CT molecular complexity index is 1120. The summed E-state index contributed by atoms with van der Waals surface area (Å²) in [5, 5.41) is 0. The maximum Gasteiger partial charge on any atom is 0.303 e. The van der Waals surface area contributed by atoms with Crippen molar-refractivity contribution >= 4 is 17.5 Å². The van der Waals surface area contributed by atoms with E-state index >= 15 is 0 Å². The molecular formula is C25H32O4. The van der Waals surface area contributed by atoms with Crippen LogP contribution in [0.15, 0.2) is 35.4 Å². The first kappa shape index (κ1) is 14.1. The molecule has 0 N–H and O–H groups in total. The van der Waals surface area contributed by atoms with Gasteiger partial charge < -0.3 is 4.74 Å². The molecule has 4 rings (SSSR count). The number of fused-ring (bicyclic) bond motifs is 5. The second-order valence-electron chi connectivity index (χ2n) is 9.61. The second-order valence-corrected chi connectivity index (χ2v) is 9.61. The summed E-state index contributed by atoms with van der Waals surface area (Å²) in [6.45, 7) is 7.74. The SMILES string of the molecule is [2H]C1=C2C(C)=CC3C(CCC4(C)C3CC(=C)[C@]4(OC(C)=O)C(=O)C([2H])([2H])[2H])C2(C)CC([2H])([2H])C1=O. The molecule has 0 amide bonds. The average Bonchev–Trinajstić information content (AvgIpc) is 2.92. The molecule has 2 saturated carbocycles. The minimum atomic E-state index is -2.99. The number of ether oxygens (including phenoxy) is 1. The summed E-state index contributed by atoms with van der Waals surface area (Å²) in [5.41, 5.74) is -2.20. The van der Waals surface area contributed by atoms with Gasteiger partial charge in [0.15, 0.2) is 17.2 Å². The molecule has 6 atom stereocenters. The number of carbonyl (C=O) groups excluding carboxylic acids is 3. The van der Waals surface area contributed by atoms with Gasteiger partial charge in [0.05, 0.1) is 1.37 Å². The lowest BCUT2D eigenvalue weighted by molar-refractivity contribution is -0.179. The van der Waals surface area contributed by atoms with E-state index in [-0.39, 0.29) is 42.2 Å². The molecule has 0 radical (unpaired) electrons. The van der Waals surface area contributed by atoms with Gasteiger partial charge in [-0.2, -0.15) is 0 Å². The molecule has 2 fully saturated rings. The van der Waals surface area contributed by atoms with E-state index in [9.17, 15) is 14.4 Å². The fourth-order valence-electron chi connectivity index (χ4n) is 6.89. The van der Waals surface area contributed by atoms with Crippen molar-refractivity contribution in [3.8, 4) is 0 Å². The van der Waals surface area contributed by atoms with E-state index in [2.05, 4.69) is 6.58 Å². The Morgan fingerprint density at radius 1 is 1.34 bits per heavy atom. The van der Waals surface area contributed by atoms with E-state index < -0.39 is 47.2 Å². The number of esters is 1. The molecule has 4 heteroatoms. The molecule has 0 aromatic heterocycles. The minimum absolute atomic E-state index is 0.0451. The normalized spacial score (nSPS) is 49.1. The minimum Gasteiger partial charge on any atom is -0.446 e. The van der Waals surface area contributed by atoms with E-state index in [0.29, 0.717) is 18.4 Å². The second kappa shape index (κ2) is 6.26. The molecule has 156 valence electrons. The van der Waals surface area contributed by atoms with Gasteiger partial charge in [0, 0.05) is 25.6 Å². The fourth-order valence-corrected chi connectivity index (χ4v) is 6.89. The summed E-state index contributed by atoms with van der Waals surface area (Å²) in [6, 6.07) is -0.285. The van der Waals surface area contributed by atoms with Gasteiger partial charge in [0.25, 0.3) is 0 Å². The lowest BCUT2D eigenvalue weighted by Crippen LogP contribution is -2.58. The number of ketones is 2. The third-order valence-electron chi connectivity index (χ3n) is 8.19. The van der Waals surface area contributed by atoms with Gasteiger partial charge in [0.1, 0.15) is 0 Å². The Morgan fingerprint density at radius 3 is 2.72 bits per heavy atom. The van der Waals surface area contributed by atoms with Gasteiger partial charge in [0.2, 0.25) is 0 Å². The summed E-state index contributed by atoms with van der Waals surface area (Å²) in [5.74, 6) is -3.30. The van der Waals surface area contributed by atoms with Gasteiger partial charge in [-0.25, -0.2) is 0 Å². The smallest absolute Gasteiger partial charge is 0.303 e. The van der Waals surface area contributed by atoms with E-state index in [4.69, 9.17) is 13.0 Å². The summed E-state index contributed by atoms with van der Waals surface area (Å²) < 4.78 is 54.3. The number of allylic oxidation sites excluding steroid dienone is 4. The summed E-state index contributed by atoms with van der Waals surface area (Å²) in [7, 11) is 0. The monoisotopic (exact) mass is 402 g/mol. The lowest BCUT2D eigenvalue weighted by Gasteiger charge is -2.57. The van der Waals surface area contributed by atoms with Crippen LogP contribution in [0.1, 0.15) is 74.8 Å². The Morgan fingerprint density at radius 2 is 2.07 bits per heavy atom. The van der Waals surface area contributed by atoms with E-state index in [1.54, 1.807) is 6.92 Å². The van der Waals surface area contributed by atoms with Crippen LogP contribution < -0.4 is 0 Å². The van der Waals surface area contributed by atoms with Crippen LogP contribution in [0.5, 0.6) is 0 Å². The first-order valence-corrected chi connectivity index (χ1v) is 10.2. The maximum absolute atomic E-state index is 13.4. The Kier molecular flexibility index (Phi) is 3.05. The predicted molar refractivity (Wildman–Crippen MR) is 111 cm³/mol. The highest BCUT2D eigenvalue weighted by Gasteiger charge is 2.69. The van der Waals surface area contributed by atoms with Crippen LogP contribution in [0.3, 0.4) is 0 Å². The zero-order chi connectivity index (χ0) is 26.5. The highest BCUT2D eigenvalue weighted by Crippen LogP contribution is 2.68. The third kappa shape index (κ3) is 2.47. The quantitative estimate of drug-likeness (QED) is 0.494. The highest BCUT2D eigenvalue weighted by atomic mass is 16.6. The Hall–Kier alpha value is -1.97. The molecule has 0 heterocycles.